The van der Waals surface area contributed by atoms with Gasteiger partial charge in [0.2, 0.25) is 0 Å². The van der Waals surface area contributed by atoms with Crippen LogP contribution in [-0.4, -0.2) is 45.5 Å². The number of nitrogens with one attached hydrogen (secondary N) is 2. The monoisotopic (exact) mass is 342 g/mol. The van der Waals surface area contributed by atoms with Crippen molar-refractivity contribution in [2.45, 2.75) is 32.4 Å². The molecule has 8 nitrogen and oxygen atoms in total. The lowest BCUT2D eigenvalue weighted by Crippen LogP contribution is -2.28. The first-order chi connectivity index (χ1) is 12.0. The Morgan fingerprint density at radius 2 is 2.16 bits per heavy atom. The van der Waals surface area contributed by atoms with Gasteiger partial charge in [0.15, 0.2) is 0 Å². The van der Waals surface area contributed by atoms with E-state index in [4.69, 9.17) is 0 Å². The van der Waals surface area contributed by atoms with Crippen LogP contribution in [0.4, 0.5) is 10.5 Å². The maximum Gasteiger partial charge on any atom is 0.319 e. The standard InChI is InChI=1S/C17H22N6O2/c1-22(2)16(24)14-9-12(6-7-18-14)21-17(25)19-10-13-11-23-8-4-3-5-15(23)20-13/h6-7,9,11H,3-5,8,10H2,1-2H3,(H2,18,19,21,25). The van der Waals surface area contributed by atoms with E-state index < -0.39 is 0 Å². The van der Waals surface area contributed by atoms with E-state index in [0.29, 0.717) is 12.2 Å². The van der Waals surface area contributed by atoms with Crippen LogP contribution in [0.15, 0.2) is 24.5 Å². The third-order valence-electron chi connectivity index (χ3n) is 4.03. The van der Waals surface area contributed by atoms with Crippen LogP contribution < -0.4 is 10.6 Å². The van der Waals surface area contributed by atoms with Gasteiger partial charge >= 0.3 is 6.03 Å². The number of pyridine rings is 1. The van der Waals surface area contributed by atoms with E-state index >= 15 is 0 Å². The van der Waals surface area contributed by atoms with E-state index in [2.05, 4.69) is 25.2 Å². The number of urea groups is 1. The Bertz CT molecular complexity index is 760. The van der Waals surface area contributed by atoms with Gasteiger partial charge < -0.3 is 20.1 Å². The summed E-state index contributed by atoms with van der Waals surface area (Å²) in [6, 6.07) is 2.85. The molecule has 3 amide bonds. The second-order valence-electron chi connectivity index (χ2n) is 6.24. The Morgan fingerprint density at radius 3 is 2.92 bits per heavy atom. The number of amides is 3. The van der Waals surface area contributed by atoms with Crippen LogP contribution in [0.1, 0.15) is 34.8 Å². The Labute approximate surface area is 146 Å². The van der Waals surface area contributed by atoms with Crippen molar-refractivity contribution >= 4 is 17.6 Å². The molecule has 3 heterocycles. The zero-order chi connectivity index (χ0) is 17.8. The molecule has 0 saturated heterocycles. The molecule has 0 fully saturated rings. The highest BCUT2D eigenvalue weighted by molar-refractivity contribution is 5.95. The summed E-state index contributed by atoms with van der Waals surface area (Å²) in [7, 11) is 3.31. The molecule has 0 spiro atoms. The molecule has 2 aromatic rings. The summed E-state index contributed by atoms with van der Waals surface area (Å²) in [4.78, 5) is 34.0. The molecule has 1 aliphatic rings. The molecule has 0 unspecified atom stereocenters. The molecule has 2 aromatic heterocycles. The Kier molecular flexibility index (Phi) is 4.97. The zero-order valence-electron chi connectivity index (χ0n) is 14.5. The molecule has 132 valence electrons. The third-order valence-corrected chi connectivity index (χ3v) is 4.03. The molecule has 0 bridgehead atoms. The van der Waals surface area contributed by atoms with Crippen LogP contribution in [0.5, 0.6) is 0 Å². The maximum absolute atomic E-state index is 12.1. The number of aromatic nitrogens is 3. The van der Waals surface area contributed by atoms with Gasteiger partial charge in [0, 0.05) is 45.1 Å². The van der Waals surface area contributed by atoms with Crippen molar-refractivity contribution in [3.8, 4) is 0 Å². The number of carbonyl (C=O) groups excluding carboxylic acids is 2. The van der Waals surface area contributed by atoms with Gasteiger partial charge in [0.25, 0.3) is 5.91 Å². The van der Waals surface area contributed by atoms with Crippen molar-refractivity contribution in [3.63, 3.8) is 0 Å². The predicted octanol–water partition coefficient (Wildman–Crippen LogP) is 1.64. The summed E-state index contributed by atoms with van der Waals surface area (Å²) in [5.74, 6) is 0.872. The summed E-state index contributed by atoms with van der Waals surface area (Å²) < 4.78 is 2.15. The summed E-state index contributed by atoms with van der Waals surface area (Å²) in [6.07, 6.45) is 6.82. The van der Waals surface area contributed by atoms with Gasteiger partial charge in [0.1, 0.15) is 11.5 Å². The number of anilines is 1. The van der Waals surface area contributed by atoms with Gasteiger partial charge in [-0.15, -0.1) is 0 Å². The first kappa shape index (κ1) is 16.9. The molecule has 0 saturated carbocycles. The number of rotatable bonds is 4. The van der Waals surface area contributed by atoms with Crippen molar-refractivity contribution < 1.29 is 9.59 Å². The van der Waals surface area contributed by atoms with Crippen LogP contribution in [0, 0.1) is 0 Å². The number of aryl methyl sites for hydroxylation is 2. The van der Waals surface area contributed by atoms with Gasteiger partial charge in [-0.25, -0.2) is 9.78 Å². The maximum atomic E-state index is 12.1. The SMILES string of the molecule is CN(C)C(=O)c1cc(NC(=O)NCc2cn3c(n2)CCCC3)ccn1. The average Bonchev–Trinajstić information content (AvgIpc) is 3.02. The van der Waals surface area contributed by atoms with Gasteiger partial charge in [-0.3, -0.25) is 9.78 Å². The van der Waals surface area contributed by atoms with Crippen LogP contribution >= 0.6 is 0 Å². The van der Waals surface area contributed by atoms with Gasteiger partial charge in [-0.2, -0.15) is 0 Å². The molecule has 1 aliphatic heterocycles. The zero-order valence-corrected chi connectivity index (χ0v) is 14.5. The molecular weight excluding hydrogens is 320 g/mol. The molecule has 3 rings (SSSR count). The molecule has 0 radical (unpaired) electrons. The molecule has 0 aliphatic carbocycles. The normalized spacial score (nSPS) is 13.0. The molecular formula is C17H22N6O2. The van der Waals surface area contributed by atoms with E-state index in [1.54, 1.807) is 26.2 Å². The summed E-state index contributed by atoms with van der Waals surface area (Å²) in [6.45, 7) is 1.36. The Hall–Kier alpha value is -2.90. The fourth-order valence-corrected chi connectivity index (χ4v) is 2.76. The number of carbonyl (C=O) groups is 2. The highest BCUT2D eigenvalue weighted by Gasteiger charge is 2.13. The fourth-order valence-electron chi connectivity index (χ4n) is 2.76. The minimum absolute atomic E-state index is 0.215. The quantitative estimate of drug-likeness (QED) is 0.883. The van der Waals surface area contributed by atoms with E-state index in [1.165, 1.54) is 23.9 Å². The Balaban J connectivity index is 1.56. The topological polar surface area (TPSA) is 92.2 Å². The molecule has 25 heavy (non-hydrogen) atoms. The van der Waals surface area contributed by atoms with Crippen LogP contribution in [0.25, 0.3) is 0 Å². The van der Waals surface area contributed by atoms with Gasteiger partial charge in [-0.05, 0) is 25.0 Å². The van der Waals surface area contributed by atoms with E-state index in [0.717, 1.165) is 24.5 Å². The first-order valence-corrected chi connectivity index (χ1v) is 8.30. The lowest BCUT2D eigenvalue weighted by Gasteiger charge is -2.11. The molecule has 8 heteroatoms. The second-order valence-corrected chi connectivity index (χ2v) is 6.24. The fraction of sp³-hybridized carbons (Fsp3) is 0.412. The van der Waals surface area contributed by atoms with Crippen molar-refractivity contribution in [3.05, 3.63) is 41.7 Å². The van der Waals surface area contributed by atoms with Crippen molar-refractivity contribution in [2.75, 3.05) is 19.4 Å². The van der Waals surface area contributed by atoms with E-state index in [9.17, 15) is 9.59 Å². The van der Waals surface area contributed by atoms with Gasteiger partial charge in [0.05, 0.1) is 12.2 Å². The lowest BCUT2D eigenvalue weighted by atomic mass is 10.2. The average molecular weight is 342 g/mol. The Morgan fingerprint density at radius 1 is 1.32 bits per heavy atom. The minimum atomic E-state index is -0.347. The smallest absolute Gasteiger partial charge is 0.319 e. The third kappa shape index (κ3) is 4.14. The summed E-state index contributed by atoms with van der Waals surface area (Å²) in [5, 5.41) is 5.50. The summed E-state index contributed by atoms with van der Waals surface area (Å²) in [5.41, 5.74) is 1.65. The highest BCUT2D eigenvalue weighted by Crippen LogP contribution is 2.14. The minimum Gasteiger partial charge on any atom is -0.343 e. The number of nitrogens with zero attached hydrogens (tertiary/aromatic N) is 4. The largest absolute Gasteiger partial charge is 0.343 e. The van der Waals surface area contributed by atoms with Crippen molar-refractivity contribution in [2.24, 2.45) is 0 Å². The van der Waals surface area contributed by atoms with E-state index in [1.807, 2.05) is 6.20 Å². The summed E-state index contributed by atoms with van der Waals surface area (Å²) >= 11 is 0. The molecule has 0 atom stereocenters. The second kappa shape index (κ2) is 7.33. The van der Waals surface area contributed by atoms with Gasteiger partial charge in [-0.1, -0.05) is 0 Å². The number of hydrogen-bond acceptors (Lipinski definition) is 4. The number of hydrogen-bond donors (Lipinski definition) is 2. The van der Waals surface area contributed by atoms with Crippen molar-refractivity contribution in [1.82, 2.24) is 24.8 Å². The molecule has 0 aromatic carbocycles. The number of imidazole rings is 1. The highest BCUT2D eigenvalue weighted by atomic mass is 16.2. The lowest BCUT2D eigenvalue weighted by molar-refractivity contribution is 0.0822. The van der Waals surface area contributed by atoms with Crippen molar-refractivity contribution in [1.29, 1.82) is 0 Å². The number of fused-ring (bicyclic) bond motifs is 1. The van der Waals surface area contributed by atoms with Crippen LogP contribution in [-0.2, 0) is 19.5 Å². The van der Waals surface area contributed by atoms with E-state index in [-0.39, 0.29) is 17.6 Å². The van der Waals surface area contributed by atoms with Crippen LogP contribution in [0.2, 0.25) is 0 Å². The first-order valence-electron chi connectivity index (χ1n) is 8.30. The van der Waals surface area contributed by atoms with Crippen LogP contribution in [0.3, 0.4) is 0 Å². The molecule has 2 N–H and O–H groups in total. The predicted molar refractivity (Wildman–Crippen MR) is 93.3 cm³/mol.